The van der Waals surface area contributed by atoms with Gasteiger partial charge in [0.1, 0.15) is 5.69 Å². The van der Waals surface area contributed by atoms with Crippen molar-refractivity contribution in [2.45, 2.75) is 25.3 Å². The lowest BCUT2D eigenvalue weighted by Gasteiger charge is -2.32. The molecule has 0 fully saturated rings. The van der Waals surface area contributed by atoms with Crippen LogP contribution in [0.4, 0.5) is 0 Å². The van der Waals surface area contributed by atoms with Gasteiger partial charge in [0.25, 0.3) is 5.56 Å². The van der Waals surface area contributed by atoms with Crippen LogP contribution in [-0.4, -0.2) is 48.4 Å². The van der Waals surface area contributed by atoms with Crippen LogP contribution in [0.5, 0.6) is 0 Å². The molecule has 3 N–H and O–H groups in total. The predicted molar refractivity (Wildman–Crippen MR) is 95.1 cm³/mol. The number of fused-ring (bicyclic) bond motifs is 2. The molecule has 0 spiro atoms. The van der Waals surface area contributed by atoms with Crippen molar-refractivity contribution in [1.82, 2.24) is 24.8 Å². The molecule has 3 aromatic rings. The Morgan fingerprint density at radius 1 is 1.30 bits per heavy atom. The van der Waals surface area contributed by atoms with Gasteiger partial charge in [0.15, 0.2) is 6.04 Å². The SMILES string of the molecule is O=C(O)C1c2nc[nH]c2CCN1C(=O)CCc1nc2ccccc2[nH]c1=O. The molecule has 1 atom stereocenters. The molecule has 0 bridgehead atoms. The fourth-order valence-corrected chi connectivity index (χ4v) is 3.40. The van der Waals surface area contributed by atoms with E-state index in [2.05, 4.69) is 19.9 Å². The normalized spacial score (nSPS) is 16.3. The first-order valence-electron chi connectivity index (χ1n) is 8.57. The van der Waals surface area contributed by atoms with Crippen LogP contribution in [0.15, 0.2) is 35.4 Å². The smallest absolute Gasteiger partial charge is 0.332 e. The molecule has 2 aromatic heterocycles. The van der Waals surface area contributed by atoms with E-state index < -0.39 is 12.0 Å². The lowest BCUT2D eigenvalue weighted by atomic mass is 10.0. The molecule has 0 saturated carbocycles. The molecule has 1 aliphatic heterocycles. The number of nitrogens with zero attached hydrogens (tertiary/aromatic N) is 3. The quantitative estimate of drug-likeness (QED) is 0.624. The van der Waals surface area contributed by atoms with E-state index in [0.29, 0.717) is 23.1 Å². The van der Waals surface area contributed by atoms with Crippen molar-refractivity contribution in [3.8, 4) is 0 Å². The number of para-hydroxylation sites is 2. The summed E-state index contributed by atoms with van der Waals surface area (Å²) < 4.78 is 0. The number of hydrogen-bond acceptors (Lipinski definition) is 5. The van der Waals surface area contributed by atoms with Crippen LogP contribution in [0.3, 0.4) is 0 Å². The monoisotopic (exact) mass is 367 g/mol. The Kier molecular flexibility index (Phi) is 4.19. The van der Waals surface area contributed by atoms with Crippen molar-refractivity contribution in [3.05, 3.63) is 58.0 Å². The number of aliphatic carboxylic acids is 1. The van der Waals surface area contributed by atoms with Crippen molar-refractivity contribution < 1.29 is 14.7 Å². The van der Waals surface area contributed by atoms with E-state index in [0.717, 1.165) is 5.69 Å². The molecule has 138 valence electrons. The van der Waals surface area contributed by atoms with E-state index in [1.807, 2.05) is 6.07 Å². The fourth-order valence-electron chi connectivity index (χ4n) is 3.40. The average Bonchev–Trinajstić information content (AvgIpc) is 3.13. The Hall–Kier alpha value is -3.49. The van der Waals surface area contributed by atoms with E-state index in [4.69, 9.17) is 0 Å². The summed E-state index contributed by atoms with van der Waals surface area (Å²) in [6, 6.07) is 6.03. The maximum Gasteiger partial charge on any atom is 0.332 e. The van der Waals surface area contributed by atoms with E-state index >= 15 is 0 Å². The van der Waals surface area contributed by atoms with E-state index in [-0.39, 0.29) is 36.5 Å². The zero-order valence-electron chi connectivity index (χ0n) is 14.3. The van der Waals surface area contributed by atoms with Crippen LogP contribution in [0, 0.1) is 0 Å². The van der Waals surface area contributed by atoms with Crippen LogP contribution in [0.25, 0.3) is 11.0 Å². The number of aromatic amines is 2. The molecule has 1 aliphatic rings. The highest BCUT2D eigenvalue weighted by molar-refractivity contribution is 5.85. The molecular weight excluding hydrogens is 350 g/mol. The van der Waals surface area contributed by atoms with Crippen molar-refractivity contribution in [1.29, 1.82) is 0 Å². The van der Waals surface area contributed by atoms with Gasteiger partial charge in [-0.15, -0.1) is 0 Å². The van der Waals surface area contributed by atoms with Gasteiger partial charge in [-0.3, -0.25) is 9.59 Å². The first-order valence-corrected chi connectivity index (χ1v) is 8.57. The van der Waals surface area contributed by atoms with Gasteiger partial charge in [0.2, 0.25) is 5.91 Å². The van der Waals surface area contributed by atoms with Gasteiger partial charge in [-0.2, -0.15) is 0 Å². The van der Waals surface area contributed by atoms with Crippen molar-refractivity contribution in [3.63, 3.8) is 0 Å². The molecule has 9 heteroatoms. The summed E-state index contributed by atoms with van der Waals surface area (Å²) in [5, 5.41) is 9.56. The molecule has 3 heterocycles. The minimum Gasteiger partial charge on any atom is -0.479 e. The highest BCUT2D eigenvalue weighted by atomic mass is 16.4. The number of benzene rings is 1. The summed E-state index contributed by atoms with van der Waals surface area (Å²) >= 11 is 0. The Morgan fingerprint density at radius 3 is 2.93 bits per heavy atom. The van der Waals surface area contributed by atoms with Crippen LogP contribution in [-0.2, 0) is 22.4 Å². The third-order valence-electron chi connectivity index (χ3n) is 4.72. The molecule has 0 saturated heterocycles. The summed E-state index contributed by atoms with van der Waals surface area (Å²) in [5.74, 6) is -1.47. The Morgan fingerprint density at radius 2 is 2.11 bits per heavy atom. The first-order chi connectivity index (χ1) is 13.0. The van der Waals surface area contributed by atoms with Gasteiger partial charge in [-0.25, -0.2) is 14.8 Å². The molecule has 1 amide bonds. The molecule has 1 aromatic carbocycles. The maximum atomic E-state index is 12.7. The van der Waals surface area contributed by atoms with Gasteiger partial charge in [-0.05, 0) is 12.1 Å². The molecule has 0 radical (unpaired) electrons. The Labute approximate surface area is 153 Å². The summed E-state index contributed by atoms with van der Waals surface area (Å²) in [7, 11) is 0. The maximum absolute atomic E-state index is 12.7. The zero-order chi connectivity index (χ0) is 19.0. The number of aryl methyl sites for hydroxylation is 1. The van der Waals surface area contributed by atoms with E-state index in [1.165, 1.54) is 11.2 Å². The number of imidazole rings is 1. The van der Waals surface area contributed by atoms with E-state index in [1.54, 1.807) is 18.2 Å². The number of H-pyrrole nitrogens is 2. The number of nitrogens with one attached hydrogen (secondary N) is 2. The lowest BCUT2D eigenvalue weighted by molar-refractivity contribution is -0.151. The molecule has 27 heavy (non-hydrogen) atoms. The first kappa shape index (κ1) is 17.0. The zero-order valence-corrected chi connectivity index (χ0v) is 14.3. The number of carbonyl (C=O) groups is 2. The van der Waals surface area contributed by atoms with Gasteiger partial charge in [0.05, 0.1) is 23.1 Å². The van der Waals surface area contributed by atoms with Crippen LogP contribution in [0.2, 0.25) is 0 Å². The minimum atomic E-state index is -1.13. The Bertz CT molecular complexity index is 1090. The fraction of sp³-hybridized carbons (Fsp3) is 0.278. The second-order valence-corrected chi connectivity index (χ2v) is 6.37. The third kappa shape index (κ3) is 3.07. The van der Waals surface area contributed by atoms with Crippen molar-refractivity contribution >= 4 is 22.9 Å². The Balaban J connectivity index is 1.53. The summed E-state index contributed by atoms with van der Waals surface area (Å²) in [6.07, 6.45) is 2.08. The van der Waals surface area contributed by atoms with Gasteiger partial charge >= 0.3 is 5.97 Å². The molecule has 0 aliphatic carbocycles. The highest BCUT2D eigenvalue weighted by Crippen LogP contribution is 2.28. The molecule has 9 nitrogen and oxygen atoms in total. The highest BCUT2D eigenvalue weighted by Gasteiger charge is 2.37. The number of carboxylic acids is 1. The second kappa shape index (κ2) is 6.67. The molecular formula is C18H17N5O4. The van der Waals surface area contributed by atoms with Crippen LogP contribution < -0.4 is 5.56 Å². The largest absolute Gasteiger partial charge is 0.479 e. The van der Waals surface area contributed by atoms with Gasteiger partial charge in [0, 0.05) is 31.5 Å². The van der Waals surface area contributed by atoms with Crippen LogP contribution in [0.1, 0.15) is 29.5 Å². The van der Waals surface area contributed by atoms with E-state index in [9.17, 15) is 19.5 Å². The number of rotatable bonds is 4. The topological polar surface area (TPSA) is 132 Å². The minimum absolute atomic E-state index is 0.00203. The van der Waals surface area contributed by atoms with Crippen molar-refractivity contribution in [2.24, 2.45) is 0 Å². The molecule has 1 unspecified atom stereocenters. The predicted octanol–water partition coefficient (Wildman–Crippen LogP) is 0.789. The number of amides is 1. The summed E-state index contributed by atoms with van der Waals surface area (Å²) in [4.78, 5) is 51.9. The lowest BCUT2D eigenvalue weighted by Crippen LogP contribution is -2.43. The number of aromatic nitrogens is 4. The van der Waals surface area contributed by atoms with Gasteiger partial charge in [-0.1, -0.05) is 12.1 Å². The second-order valence-electron chi connectivity index (χ2n) is 6.37. The summed E-state index contributed by atoms with van der Waals surface area (Å²) in [6.45, 7) is 0.284. The van der Waals surface area contributed by atoms with Gasteiger partial charge < -0.3 is 20.0 Å². The standard InChI is InChI=1S/C18H17N5O4/c24-14(23-8-7-12-15(20-9-19-12)16(23)18(26)27)6-5-13-17(25)22-11-4-2-1-3-10(11)21-13/h1-4,9,16H,5-8H2,(H,19,20)(H,22,25)(H,26,27). The average molecular weight is 367 g/mol. The number of carbonyl (C=O) groups excluding carboxylic acids is 1. The number of hydrogen-bond donors (Lipinski definition) is 3. The summed E-state index contributed by atoms with van der Waals surface area (Å²) in [5.41, 5.74) is 2.28. The molecule has 4 rings (SSSR count). The van der Waals surface area contributed by atoms with Crippen molar-refractivity contribution in [2.75, 3.05) is 6.54 Å². The van der Waals surface area contributed by atoms with Crippen LogP contribution >= 0.6 is 0 Å². The number of carboxylic acid groups (broad SMARTS) is 1. The third-order valence-corrected chi connectivity index (χ3v) is 4.72.